The number of fused-ring (bicyclic) bond motifs is 1. The second-order valence-corrected chi connectivity index (χ2v) is 4.45. The van der Waals surface area contributed by atoms with Gasteiger partial charge in [-0.25, -0.2) is 0 Å². The molecule has 0 amide bonds. The summed E-state index contributed by atoms with van der Waals surface area (Å²) < 4.78 is 10.7. The fourth-order valence-corrected chi connectivity index (χ4v) is 2.41. The summed E-state index contributed by atoms with van der Waals surface area (Å²) in [7, 11) is 1.59. The quantitative estimate of drug-likeness (QED) is 0.874. The molecule has 0 spiro atoms. The van der Waals surface area contributed by atoms with Gasteiger partial charge in [-0.15, -0.1) is 0 Å². The average Bonchev–Trinajstić information content (AvgIpc) is 2.98. The highest BCUT2D eigenvalue weighted by molar-refractivity contribution is 5.56. The monoisotopic (exact) mass is 267 g/mol. The Morgan fingerprint density at radius 1 is 1.40 bits per heavy atom. The van der Waals surface area contributed by atoms with Gasteiger partial charge >= 0.3 is 0 Å². The molecule has 3 N–H and O–H groups in total. The number of benzene rings is 1. The number of H-pyrrole nitrogens is 1. The molecule has 0 saturated carbocycles. The molecule has 1 aliphatic heterocycles. The van der Waals surface area contributed by atoms with Crippen LogP contribution in [-0.2, 0) is 0 Å². The van der Waals surface area contributed by atoms with Crippen molar-refractivity contribution in [2.75, 3.05) is 7.11 Å². The van der Waals surface area contributed by atoms with Gasteiger partial charge in [0.1, 0.15) is 23.1 Å². The maximum atomic E-state index is 9.35. The standard InChI is InChI=1S/C15H13N3O2/c1-19-9-4-5-10-13(7-9)20-15(17)11(8-16)14(10)12-3-2-6-18-12/h2-7,14,18H,17H2,1H3/t14-/m0/s1. The number of hydrogen-bond acceptors (Lipinski definition) is 4. The third-order valence-electron chi connectivity index (χ3n) is 3.36. The molecule has 5 nitrogen and oxygen atoms in total. The van der Waals surface area contributed by atoms with Crippen LogP contribution in [0.1, 0.15) is 17.2 Å². The number of ether oxygens (including phenoxy) is 2. The van der Waals surface area contributed by atoms with Crippen LogP contribution in [0.2, 0.25) is 0 Å². The third kappa shape index (κ3) is 1.79. The predicted octanol–water partition coefficient (Wildman–Crippen LogP) is 2.24. The molecule has 2 heterocycles. The van der Waals surface area contributed by atoms with Gasteiger partial charge < -0.3 is 20.2 Å². The number of nitrogens with one attached hydrogen (secondary N) is 1. The molecule has 1 atom stereocenters. The van der Waals surface area contributed by atoms with E-state index in [1.807, 2.05) is 30.5 Å². The zero-order valence-electron chi connectivity index (χ0n) is 10.9. The lowest BCUT2D eigenvalue weighted by Gasteiger charge is -2.25. The Balaban J connectivity index is 2.19. The predicted molar refractivity (Wildman–Crippen MR) is 73.1 cm³/mol. The largest absolute Gasteiger partial charge is 0.497 e. The van der Waals surface area contributed by atoms with Gasteiger partial charge in [0.05, 0.1) is 13.0 Å². The number of nitrogens with two attached hydrogens (primary N) is 1. The van der Waals surface area contributed by atoms with Gasteiger partial charge in [-0.1, -0.05) is 6.07 Å². The molecule has 0 unspecified atom stereocenters. The van der Waals surface area contributed by atoms with E-state index >= 15 is 0 Å². The van der Waals surface area contributed by atoms with Crippen molar-refractivity contribution in [1.29, 1.82) is 5.26 Å². The molecule has 1 aliphatic rings. The van der Waals surface area contributed by atoms with Crippen LogP contribution in [0.15, 0.2) is 48.0 Å². The van der Waals surface area contributed by atoms with E-state index in [1.54, 1.807) is 13.2 Å². The third-order valence-corrected chi connectivity index (χ3v) is 3.36. The number of allylic oxidation sites excluding steroid dienone is 1. The van der Waals surface area contributed by atoms with Crippen molar-refractivity contribution in [1.82, 2.24) is 4.98 Å². The smallest absolute Gasteiger partial charge is 0.205 e. The Labute approximate surface area is 116 Å². The molecule has 5 heteroatoms. The van der Waals surface area contributed by atoms with Crippen LogP contribution < -0.4 is 15.2 Å². The van der Waals surface area contributed by atoms with Gasteiger partial charge in [0, 0.05) is 23.5 Å². The topological polar surface area (TPSA) is 84.1 Å². The van der Waals surface area contributed by atoms with E-state index in [2.05, 4.69) is 11.1 Å². The summed E-state index contributed by atoms with van der Waals surface area (Å²) in [6, 6.07) is 11.5. The van der Waals surface area contributed by atoms with Crippen LogP contribution in [0, 0.1) is 11.3 Å². The second kappa shape index (κ2) is 4.67. The highest BCUT2D eigenvalue weighted by Gasteiger charge is 2.31. The molecule has 0 bridgehead atoms. The Bertz CT molecular complexity index is 711. The van der Waals surface area contributed by atoms with Crippen molar-refractivity contribution in [3.05, 3.63) is 59.2 Å². The first-order valence-electron chi connectivity index (χ1n) is 6.13. The van der Waals surface area contributed by atoms with Crippen LogP contribution in [0.5, 0.6) is 11.5 Å². The molecular weight excluding hydrogens is 254 g/mol. The minimum atomic E-state index is -0.246. The fourth-order valence-electron chi connectivity index (χ4n) is 2.41. The van der Waals surface area contributed by atoms with Gasteiger partial charge in [0.25, 0.3) is 0 Å². The summed E-state index contributed by atoms with van der Waals surface area (Å²) in [5.41, 5.74) is 8.07. The molecule has 3 rings (SSSR count). The first kappa shape index (κ1) is 12.2. The van der Waals surface area contributed by atoms with E-state index in [0.29, 0.717) is 17.1 Å². The molecule has 2 aromatic rings. The zero-order valence-corrected chi connectivity index (χ0v) is 10.9. The second-order valence-electron chi connectivity index (χ2n) is 4.45. The highest BCUT2D eigenvalue weighted by atomic mass is 16.5. The van der Waals surface area contributed by atoms with Crippen molar-refractivity contribution >= 4 is 0 Å². The summed E-state index contributed by atoms with van der Waals surface area (Å²) in [5.74, 6) is 1.18. The Hall–Kier alpha value is -2.87. The number of aromatic amines is 1. The van der Waals surface area contributed by atoms with Crippen molar-refractivity contribution in [3.8, 4) is 17.6 Å². The molecule has 0 saturated heterocycles. The maximum absolute atomic E-state index is 9.35. The van der Waals surface area contributed by atoms with Gasteiger partial charge in [0.2, 0.25) is 5.88 Å². The average molecular weight is 267 g/mol. The molecule has 100 valence electrons. The highest BCUT2D eigenvalue weighted by Crippen LogP contribution is 2.42. The minimum Gasteiger partial charge on any atom is -0.497 e. The number of aromatic nitrogens is 1. The number of rotatable bonds is 2. The van der Waals surface area contributed by atoms with Crippen molar-refractivity contribution < 1.29 is 9.47 Å². The van der Waals surface area contributed by atoms with Crippen LogP contribution in [0.4, 0.5) is 0 Å². The van der Waals surface area contributed by atoms with Crippen LogP contribution in [-0.4, -0.2) is 12.1 Å². The molecule has 0 radical (unpaired) electrons. The molecule has 0 fully saturated rings. The van der Waals surface area contributed by atoms with E-state index in [4.69, 9.17) is 15.2 Å². The lowest BCUT2D eigenvalue weighted by molar-refractivity contribution is 0.380. The fraction of sp³-hybridized carbons (Fsp3) is 0.133. The normalized spacial score (nSPS) is 17.1. The van der Waals surface area contributed by atoms with Gasteiger partial charge in [-0.05, 0) is 18.2 Å². The zero-order chi connectivity index (χ0) is 14.1. The van der Waals surface area contributed by atoms with Crippen LogP contribution in [0.25, 0.3) is 0 Å². The lowest BCUT2D eigenvalue weighted by atomic mass is 9.87. The number of hydrogen-bond donors (Lipinski definition) is 2. The van der Waals surface area contributed by atoms with Crippen molar-refractivity contribution in [2.24, 2.45) is 5.73 Å². The molecule has 1 aromatic heterocycles. The molecule has 20 heavy (non-hydrogen) atoms. The summed E-state index contributed by atoms with van der Waals surface area (Å²) >= 11 is 0. The summed E-state index contributed by atoms with van der Waals surface area (Å²) in [6.45, 7) is 0. The van der Waals surface area contributed by atoms with E-state index in [-0.39, 0.29) is 11.8 Å². The van der Waals surface area contributed by atoms with Gasteiger partial charge in [-0.3, -0.25) is 0 Å². The van der Waals surface area contributed by atoms with E-state index < -0.39 is 0 Å². The van der Waals surface area contributed by atoms with Crippen molar-refractivity contribution in [3.63, 3.8) is 0 Å². The van der Waals surface area contributed by atoms with Crippen LogP contribution in [0.3, 0.4) is 0 Å². The summed E-state index contributed by atoms with van der Waals surface area (Å²) in [5, 5.41) is 9.35. The first-order valence-corrected chi connectivity index (χ1v) is 6.13. The van der Waals surface area contributed by atoms with Crippen LogP contribution >= 0.6 is 0 Å². The van der Waals surface area contributed by atoms with Crippen molar-refractivity contribution in [2.45, 2.75) is 5.92 Å². The Morgan fingerprint density at radius 2 is 2.25 bits per heavy atom. The Morgan fingerprint density at radius 3 is 2.90 bits per heavy atom. The molecule has 1 aromatic carbocycles. The summed E-state index contributed by atoms with van der Waals surface area (Å²) in [6.07, 6.45) is 1.82. The first-order chi connectivity index (χ1) is 9.74. The Kier molecular flexibility index (Phi) is 2.84. The molecule has 0 aliphatic carbocycles. The minimum absolute atomic E-state index is 0.132. The lowest BCUT2D eigenvalue weighted by Crippen LogP contribution is -2.21. The van der Waals surface area contributed by atoms with E-state index in [9.17, 15) is 5.26 Å². The number of nitrogens with zero attached hydrogens (tertiary/aromatic N) is 1. The van der Waals surface area contributed by atoms with Gasteiger partial charge in [-0.2, -0.15) is 5.26 Å². The van der Waals surface area contributed by atoms with E-state index in [0.717, 1.165) is 11.3 Å². The number of methoxy groups -OCH3 is 1. The number of nitriles is 1. The van der Waals surface area contributed by atoms with E-state index in [1.165, 1.54) is 0 Å². The summed E-state index contributed by atoms with van der Waals surface area (Å²) in [4.78, 5) is 3.13. The molecular formula is C15H13N3O2. The van der Waals surface area contributed by atoms with Gasteiger partial charge in [0.15, 0.2) is 0 Å². The SMILES string of the molecule is COc1ccc2c(c1)OC(N)=C(C#N)[C@H]2c1ccc[nH]1. The maximum Gasteiger partial charge on any atom is 0.205 e.